The molecule has 0 spiro atoms. The van der Waals surface area contributed by atoms with Crippen molar-refractivity contribution in [1.82, 2.24) is 0 Å². The van der Waals surface area contributed by atoms with Gasteiger partial charge >= 0.3 is 0 Å². The Labute approximate surface area is 90.6 Å². The lowest BCUT2D eigenvalue weighted by atomic mass is 10.1. The highest BCUT2D eigenvalue weighted by molar-refractivity contribution is 6.49. The minimum atomic E-state index is 0.491. The molecule has 0 bridgehead atoms. The first kappa shape index (κ1) is 12.8. The second kappa shape index (κ2) is 6.33. The Morgan fingerprint density at radius 3 is 2.36 bits per heavy atom. The van der Waals surface area contributed by atoms with Gasteiger partial charge in [-0.3, -0.25) is 0 Å². The van der Waals surface area contributed by atoms with Gasteiger partial charge < -0.3 is 11.5 Å². The molecule has 78 valence electrons. The summed E-state index contributed by atoms with van der Waals surface area (Å²) in [6.07, 6.45) is 1.35. The number of hydrogen-bond donors (Lipinski definition) is 2. The van der Waals surface area contributed by atoms with Gasteiger partial charge in [-0.25, -0.2) is 0 Å². The lowest BCUT2D eigenvalue weighted by molar-refractivity contribution is 1.43. The van der Waals surface area contributed by atoms with Gasteiger partial charge in [-0.15, -0.1) is 0 Å². The van der Waals surface area contributed by atoms with Crippen LogP contribution in [0.1, 0.15) is 25.0 Å². The molecule has 0 amide bonds. The van der Waals surface area contributed by atoms with E-state index in [4.69, 9.17) is 23.1 Å². The van der Waals surface area contributed by atoms with Crippen molar-refractivity contribution >= 4 is 22.3 Å². The molecule has 0 aromatic heterocycles. The normalized spacial score (nSPS) is 10.4. The Morgan fingerprint density at radius 1 is 1.36 bits per heavy atom. The standard InChI is InChI=1S/C9H11ClN2.C2H6/c1-6-3-2-4-8(12)9(6)7(10)5-11;1-2/h2-5H,11-12H2,1H3;1-2H3/b7-5+;. The molecule has 1 aromatic rings. The van der Waals surface area contributed by atoms with E-state index in [1.807, 2.05) is 32.9 Å². The van der Waals surface area contributed by atoms with Crippen LogP contribution >= 0.6 is 11.6 Å². The number of nitrogen functional groups attached to an aromatic ring is 1. The predicted molar refractivity (Wildman–Crippen MR) is 65.0 cm³/mol. The number of rotatable bonds is 1. The first-order valence-electron chi connectivity index (χ1n) is 4.59. The van der Waals surface area contributed by atoms with Crippen LogP contribution in [0.2, 0.25) is 0 Å². The molecule has 0 radical (unpaired) electrons. The van der Waals surface area contributed by atoms with Gasteiger partial charge in [0.05, 0.1) is 5.03 Å². The maximum Gasteiger partial charge on any atom is 0.0656 e. The summed E-state index contributed by atoms with van der Waals surface area (Å²) in [5.41, 5.74) is 13.5. The first-order chi connectivity index (χ1) is 6.66. The van der Waals surface area contributed by atoms with Gasteiger partial charge in [-0.1, -0.05) is 37.6 Å². The molecule has 1 aromatic carbocycles. The molecule has 3 heteroatoms. The summed E-state index contributed by atoms with van der Waals surface area (Å²) in [4.78, 5) is 0. The van der Waals surface area contributed by atoms with Gasteiger partial charge in [-0.2, -0.15) is 0 Å². The van der Waals surface area contributed by atoms with Crippen molar-refractivity contribution in [2.75, 3.05) is 5.73 Å². The predicted octanol–water partition coefficient (Wildman–Crippen LogP) is 3.10. The highest BCUT2D eigenvalue weighted by atomic mass is 35.5. The average molecular weight is 213 g/mol. The Balaban J connectivity index is 0.000000791. The number of hydrogen-bond acceptors (Lipinski definition) is 2. The maximum atomic E-state index is 5.86. The summed E-state index contributed by atoms with van der Waals surface area (Å²) < 4.78 is 0. The van der Waals surface area contributed by atoms with Crippen LogP contribution in [0.5, 0.6) is 0 Å². The summed E-state index contributed by atoms with van der Waals surface area (Å²) in [6, 6.07) is 5.63. The van der Waals surface area contributed by atoms with E-state index >= 15 is 0 Å². The van der Waals surface area contributed by atoms with Crippen molar-refractivity contribution < 1.29 is 0 Å². The highest BCUT2D eigenvalue weighted by Crippen LogP contribution is 2.26. The van der Waals surface area contributed by atoms with Crippen LogP contribution in [0.3, 0.4) is 0 Å². The number of benzene rings is 1. The summed E-state index contributed by atoms with van der Waals surface area (Å²) >= 11 is 5.86. The van der Waals surface area contributed by atoms with Crippen LogP contribution in [-0.2, 0) is 0 Å². The lowest BCUT2D eigenvalue weighted by Crippen LogP contribution is -1.95. The second-order valence-electron chi connectivity index (χ2n) is 2.55. The van der Waals surface area contributed by atoms with E-state index in [0.717, 1.165) is 11.1 Å². The lowest BCUT2D eigenvalue weighted by Gasteiger charge is -2.06. The van der Waals surface area contributed by atoms with Gasteiger partial charge in [0.2, 0.25) is 0 Å². The fourth-order valence-electron chi connectivity index (χ4n) is 1.10. The van der Waals surface area contributed by atoms with Crippen LogP contribution in [0.15, 0.2) is 24.4 Å². The Morgan fingerprint density at radius 2 is 1.93 bits per heavy atom. The summed E-state index contributed by atoms with van der Waals surface area (Å²) in [5.74, 6) is 0. The minimum Gasteiger partial charge on any atom is -0.403 e. The molecule has 2 nitrogen and oxygen atoms in total. The Kier molecular flexibility index (Phi) is 5.81. The molecule has 0 atom stereocenters. The zero-order valence-corrected chi connectivity index (χ0v) is 9.60. The highest BCUT2D eigenvalue weighted by Gasteiger charge is 2.04. The summed E-state index contributed by atoms with van der Waals surface area (Å²) in [7, 11) is 0. The molecule has 0 heterocycles. The van der Waals surface area contributed by atoms with Crippen molar-refractivity contribution in [3.8, 4) is 0 Å². The van der Waals surface area contributed by atoms with E-state index in [2.05, 4.69) is 0 Å². The van der Waals surface area contributed by atoms with E-state index in [0.29, 0.717) is 10.7 Å². The van der Waals surface area contributed by atoms with Gasteiger partial charge in [0, 0.05) is 17.5 Å². The average Bonchev–Trinajstić information content (AvgIpc) is 2.20. The van der Waals surface area contributed by atoms with Crippen molar-refractivity contribution in [3.63, 3.8) is 0 Å². The number of nitrogens with two attached hydrogens (primary N) is 2. The zero-order chi connectivity index (χ0) is 11.1. The molecular weight excluding hydrogens is 196 g/mol. The molecule has 0 aliphatic rings. The quantitative estimate of drug-likeness (QED) is 0.703. The van der Waals surface area contributed by atoms with E-state index in [1.165, 1.54) is 6.20 Å². The molecule has 0 fully saturated rings. The third kappa shape index (κ3) is 2.96. The van der Waals surface area contributed by atoms with Gasteiger partial charge in [0.15, 0.2) is 0 Å². The fourth-order valence-corrected chi connectivity index (χ4v) is 1.36. The molecular formula is C11H17ClN2. The fraction of sp³-hybridized carbons (Fsp3) is 0.273. The molecule has 1 rings (SSSR count). The second-order valence-corrected chi connectivity index (χ2v) is 2.96. The SMILES string of the molecule is CC.Cc1cccc(N)c1/C(Cl)=C\N. The molecule has 0 unspecified atom stereocenters. The number of halogens is 1. The third-order valence-electron chi connectivity index (χ3n) is 1.69. The molecule has 14 heavy (non-hydrogen) atoms. The van der Waals surface area contributed by atoms with Crippen molar-refractivity contribution in [1.29, 1.82) is 0 Å². The minimum absolute atomic E-state index is 0.491. The smallest absolute Gasteiger partial charge is 0.0656 e. The molecule has 0 aliphatic carbocycles. The summed E-state index contributed by atoms with van der Waals surface area (Å²) in [5, 5.41) is 0.491. The van der Waals surface area contributed by atoms with Crippen LogP contribution in [0.4, 0.5) is 5.69 Å². The third-order valence-corrected chi connectivity index (χ3v) is 2.01. The molecule has 4 N–H and O–H groups in total. The van der Waals surface area contributed by atoms with E-state index in [1.54, 1.807) is 6.07 Å². The number of anilines is 1. The first-order valence-corrected chi connectivity index (χ1v) is 4.97. The van der Waals surface area contributed by atoms with Crippen LogP contribution in [-0.4, -0.2) is 0 Å². The Hall–Kier alpha value is -1.15. The Bertz CT molecular complexity index is 299. The topological polar surface area (TPSA) is 52.0 Å². The van der Waals surface area contributed by atoms with Gasteiger partial charge in [0.1, 0.15) is 0 Å². The maximum absolute atomic E-state index is 5.86. The van der Waals surface area contributed by atoms with Gasteiger partial charge in [-0.05, 0) is 18.6 Å². The monoisotopic (exact) mass is 212 g/mol. The largest absolute Gasteiger partial charge is 0.403 e. The van der Waals surface area contributed by atoms with Crippen molar-refractivity contribution in [2.45, 2.75) is 20.8 Å². The molecule has 0 saturated carbocycles. The summed E-state index contributed by atoms with van der Waals surface area (Å²) in [6.45, 7) is 5.94. The number of aryl methyl sites for hydroxylation is 1. The van der Waals surface area contributed by atoms with E-state index in [9.17, 15) is 0 Å². The van der Waals surface area contributed by atoms with Crippen LogP contribution in [0, 0.1) is 6.92 Å². The van der Waals surface area contributed by atoms with Crippen molar-refractivity contribution in [2.24, 2.45) is 5.73 Å². The van der Waals surface area contributed by atoms with Crippen LogP contribution in [0.25, 0.3) is 5.03 Å². The van der Waals surface area contributed by atoms with Crippen LogP contribution < -0.4 is 11.5 Å². The zero-order valence-electron chi connectivity index (χ0n) is 8.84. The van der Waals surface area contributed by atoms with E-state index in [-0.39, 0.29) is 0 Å². The molecule has 0 saturated heterocycles. The van der Waals surface area contributed by atoms with Gasteiger partial charge in [0.25, 0.3) is 0 Å². The molecule has 0 aliphatic heterocycles. The van der Waals surface area contributed by atoms with E-state index < -0.39 is 0 Å². The van der Waals surface area contributed by atoms with Crippen molar-refractivity contribution in [3.05, 3.63) is 35.5 Å².